The highest BCUT2D eigenvalue weighted by Crippen LogP contribution is 2.16. The molecule has 2 rings (SSSR count). The molecule has 0 radical (unpaired) electrons. The fourth-order valence-electron chi connectivity index (χ4n) is 1.44. The molecule has 0 spiro atoms. The third-order valence-corrected chi connectivity index (χ3v) is 2.19. The van der Waals surface area contributed by atoms with Gasteiger partial charge in [0.2, 0.25) is 0 Å². The lowest BCUT2D eigenvalue weighted by molar-refractivity contribution is 0.425. The molecule has 2 heterocycles. The fourth-order valence-corrected chi connectivity index (χ4v) is 1.44. The summed E-state index contributed by atoms with van der Waals surface area (Å²) >= 11 is 0. The monoisotopic (exact) mass is 191 g/mol. The first-order chi connectivity index (χ1) is 6.90. The molecule has 0 amide bonds. The molecule has 0 saturated heterocycles. The van der Waals surface area contributed by atoms with Gasteiger partial charge in [-0.05, 0) is 19.2 Å². The second-order valence-electron chi connectivity index (χ2n) is 3.10. The lowest BCUT2D eigenvalue weighted by atomic mass is 10.1. The average Bonchev–Trinajstić information content (AvgIpc) is 2.86. The van der Waals surface area contributed by atoms with Gasteiger partial charge in [0.25, 0.3) is 0 Å². The molecule has 4 nitrogen and oxygen atoms in total. The van der Waals surface area contributed by atoms with Gasteiger partial charge < -0.3 is 14.7 Å². The summed E-state index contributed by atoms with van der Waals surface area (Å²) in [5.74, 6) is 1.89. The molecule has 0 aliphatic carbocycles. The fraction of sp³-hybridized carbons (Fsp3) is 0.300. The van der Waals surface area contributed by atoms with Crippen molar-refractivity contribution in [3.8, 4) is 0 Å². The van der Waals surface area contributed by atoms with E-state index in [0.29, 0.717) is 0 Å². The van der Waals surface area contributed by atoms with E-state index in [1.807, 2.05) is 25.4 Å². The Kier molecular flexibility index (Phi) is 2.65. The van der Waals surface area contributed by atoms with Crippen LogP contribution in [0.1, 0.15) is 17.6 Å². The smallest absolute Gasteiger partial charge is 0.121 e. The summed E-state index contributed by atoms with van der Waals surface area (Å²) < 4.78 is 5.33. The summed E-state index contributed by atoms with van der Waals surface area (Å²) in [4.78, 5) is 7.25. The van der Waals surface area contributed by atoms with Crippen LogP contribution in [0.15, 0.2) is 35.2 Å². The van der Waals surface area contributed by atoms with E-state index in [0.717, 1.165) is 18.0 Å². The van der Waals surface area contributed by atoms with Gasteiger partial charge in [0, 0.05) is 18.8 Å². The second-order valence-corrected chi connectivity index (χ2v) is 3.10. The quantitative estimate of drug-likeness (QED) is 0.770. The van der Waals surface area contributed by atoms with Gasteiger partial charge in [0.1, 0.15) is 11.6 Å². The number of rotatable bonds is 4. The van der Waals surface area contributed by atoms with Gasteiger partial charge in [0.05, 0.1) is 12.3 Å². The normalized spacial score (nSPS) is 12.9. The first-order valence-corrected chi connectivity index (χ1v) is 4.59. The number of aromatic nitrogens is 2. The van der Waals surface area contributed by atoms with Crippen molar-refractivity contribution in [2.45, 2.75) is 12.5 Å². The summed E-state index contributed by atoms with van der Waals surface area (Å²) in [6.07, 6.45) is 6.06. The Labute approximate surface area is 82.4 Å². The minimum absolute atomic E-state index is 0.177. The van der Waals surface area contributed by atoms with Crippen LogP contribution in [0.2, 0.25) is 0 Å². The van der Waals surface area contributed by atoms with Crippen LogP contribution in [-0.2, 0) is 6.42 Å². The maximum absolute atomic E-state index is 5.33. The highest BCUT2D eigenvalue weighted by molar-refractivity contribution is 5.07. The highest BCUT2D eigenvalue weighted by Gasteiger charge is 2.13. The van der Waals surface area contributed by atoms with E-state index in [4.69, 9.17) is 4.42 Å². The molecule has 1 atom stereocenters. The predicted molar refractivity (Wildman–Crippen MR) is 52.8 cm³/mol. The molecule has 0 bridgehead atoms. The number of H-pyrrole nitrogens is 1. The van der Waals surface area contributed by atoms with Crippen molar-refractivity contribution in [2.24, 2.45) is 0 Å². The molecule has 0 saturated carbocycles. The Morgan fingerprint density at radius 3 is 3.14 bits per heavy atom. The molecule has 2 N–H and O–H groups in total. The Bertz CT molecular complexity index is 353. The van der Waals surface area contributed by atoms with Gasteiger partial charge in [0.15, 0.2) is 0 Å². The Morgan fingerprint density at radius 1 is 1.64 bits per heavy atom. The number of likely N-dealkylation sites (N-methyl/N-ethyl adjacent to an activating group) is 1. The number of furan rings is 1. The molecule has 14 heavy (non-hydrogen) atoms. The Balaban J connectivity index is 2.08. The van der Waals surface area contributed by atoms with E-state index in [2.05, 4.69) is 15.3 Å². The van der Waals surface area contributed by atoms with Crippen molar-refractivity contribution in [1.29, 1.82) is 0 Å². The molecule has 0 aromatic carbocycles. The highest BCUT2D eigenvalue weighted by atomic mass is 16.3. The van der Waals surface area contributed by atoms with E-state index in [9.17, 15) is 0 Å². The summed E-state index contributed by atoms with van der Waals surface area (Å²) in [6, 6.07) is 4.03. The molecule has 4 heteroatoms. The van der Waals surface area contributed by atoms with Crippen LogP contribution in [0.3, 0.4) is 0 Å². The minimum Gasteiger partial charge on any atom is -0.468 e. The van der Waals surface area contributed by atoms with E-state index in [1.54, 1.807) is 12.5 Å². The summed E-state index contributed by atoms with van der Waals surface area (Å²) in [5, 5.41) is 3.19. The van der Waals surface area contributed by atoms with Gasteiger partial charge in [-0.15, -0.1) is 0 Å². The summed E-state index contributed by atoms with van der Waals surface area (Å²) in [5.41, 5.74) is 0. The molecular weight excluding hydrogens is 178 g/mol. The largest absolute Gasteiger partial charge is 0.468 e. The lowest BCUT2D eigenvalue weighted by Crippen LogP contribution is -2.18. The van der Waals surface area contributed by atoms with E-state index < -0.39 is 0 Å². The predicted octanol–water partition coefficient (Wildman–Crippen LogP) is 1.51. The molecular formula is C10H13N3O. The zero-order valence-corrected chi connectivity index (χ0v) is 8.03. The van der Waals surface area contributed by atoms with Gasteiger partial charge in [-0.1, -0.05) is 0 Å². The maximum atomic E-state index is 5.33. The third kappa shape index (κ3) is 1.85. The topological polar surface area (TPSA) is 53.9 Å². The molecule has 1 unspecified atom stereocenters. The van der Waals surface area contributed by atoms with Crippen molar-refractivity contribution in [1.82, 2.24) is 15.3 Å². The number of hydrogen-bond acceptors (Lipinski definition) is 3. The molecule has 0 fully saturated rings. The van der Waals surface area contributed by atoms with Crippen LogP contribution in [0.25, 0.3) is 0 Å². The van der Waals surface area contributed by atoms with Crippen LogP contribution in [0, 0.1) is 0 Å². The van der Waals surface area contributed by atoms with Crippen LogP contribution < -0.4 is 5.32 Å². The molecule has 2 aromatic rings. The van der Waals surface area contributed by atoms with Crippen LogP contribution in [-0.4, -0.2) is 17.0 Å². The van der Waals surface area contributed by atoms with Gasteiger partial charge >= 0.3 is 0 Å². The van der Waals surface area contributed by atoms with Crippen LogP contribution in [0.5, 0.6) is 0 Å². The average molecular weight is 191 g/mol. The SMILES string of the molecule is CNC(Cc1ncc[nH]1)c1ccco1. The molecule has 74 valence electrons. The number of nitrogens with zero attached hydrogens (tertiary/aromatic N) is 1. The van der Waals surface area contributed by atoms with Crippen molar-refractivity contribution < 1.29 is 4.42 Å². The zero-order valence-electron chi connectivity index (χ0n) is 8.03. The van der Waals surface area contributed by atoms with E-state index in [-0.39, 0.29) is 6.04 Å². The lowest BCUT2D eigenvalue weighted by Gasteiger charge is -2.11. The number of hydrogen-bond donors (Lipinski definition) is 2. The molecule has 0 aliphatic rings. The van der Waals surface area contributed by atoms with E-state index >= 15 is 0 Å². The third-order valence-electron chi connectivity index (χ3n) is 2.19. The first-order valence-electron chi connectivity index (χ1n) is 4.59. The second kappa shape index (κ2) is 4.11. The summed E-state index contributed by atoms with van der Waals surface area (Å²) in [6.45, 7) is 0. The van der Waals surface area contributed by atoms with Crippen molar-refractivity contribution >= 4 is 0 Å². The van der Waals surface area contributed by atoms with Crippen molar-refractivity contribution in [3.63, 3.8) is 0 Å². The van der Waals surface area contributed by atoms with Gasteiger partial charge in [-0.3, -0.25) is 0 Å². The van der Waals surface area contributed by atoms with Gasteiger partial charge in [-0.25, -0.2) is 4.98 Å². The van der Waals surface area contributed by atoms with E-state index in [1.165, 1.54) is 0 Å². The van der Waals surface area contributed by atoms with Crippen molar-refractivity contribution in [3.05, 3.63) is 42.4 Å². The Morgan fingerprint density at radius 2 is 2.57 bits per heavy atom. The maximum Gasteiger partial charge on any atom is 0.121 e. The van der Waals surface area contributed by atoms with Crippen LogP contribution >= 0.6 is 0 Å². The first kappa shape index (κ1) is 9.02. The van der Waals surface area contributed by atoms with Gasteiger partial charge in [-0.2, -0.15) is 0 Å². The summed E-state index contributed by atoms with van der Waals surface area (Å²) in [7, 11) is 1.91. The number of nitrogens with one attached hydrogen (secondary N) is 2. The standard InChI is InChI=1S/C10H13N3O/c1-11-8(9-3-2-6-14-9)7-10-12-4-5-13-10/h2-6,8,11H,7H2,1H3,(H,12,13). The molecule has 2 aromatic heterocycles. The zero-order chi connectivity index (χ0) is 9.80. The number of aromatic amines is 1. The Hall–Kier alpha value is -1.55. The minimum atomic E-state index is 0.177. The number of imidazole rings is 1. The molecule has 0 aliphatic heterocycles. The van der Waals surface area contributed by atoms with Crippen LogP contribution in [0.4, 0.5) is 0 Å². The van der Waals surface area contributed by atoms with Crippen molar-refractivity contribution in [2.75, 3.05) is 7.05 Å².